The molecular formula is C8H12N2O2. The molecule has 4 nitrogen and oxygen atoms in total. The second kappa shape index (κ2) is 2.97. The van der Waals surface area contributed by atoms with E-state index in [-0.39, 0.29) is 18.0 Å². The van der Waals surface area contributed by atoms with E-state index in [4.69, 9.17) is 0 Å². The lowest BCUT2D eigenvalue weighted by Crippen LogP contribution is -2.36. The average molecular weight is 168 g/mol. The third kappa shape index (κ3) is 1.20. The van der Waals surface area contributed by atoms with Crippen LogP contribution in [0.4, 0.5) is 4.79 Å². The quantitative estimate of drug-likeness (QED) is 0.581. The Labute approximate surface area is 71.4 Å². The van der Waals surface area contributed by atoms with Crippen LogP contribution in [0.1, 0.15) is 13.8 Å². The zero-order valence-corrected chi connectivity index (χ0v) is 7.28. The molecule has 0 radical (unpaired) electrons. The van der Waals surface area contributed by atoms with E-state index in [0.717, 1.165) is 0 Å². The van der Waals surface area contributed by atoms with Crippen LogP contribution in [0.25, 0.3) is 0 Å². The van der Waals surface area contributed by atoms with E-state index < -0.39 is 0 Å². The average Bonchev–Trinajstić information content (AvgIpc) is 2.25. The van der Waals surface area contributed by atoms with Gasteiger partial charge in [0.05, 0.1) is 6.04 Å². The molecule has 0 spiro atoms. The molecule has 0 saturated carbocycles. The Bertz CT molecular complexity index is 237. The molecule has 1 atom stereocenters. The number of hydrogen-bond acceptors (Lipinski definition) is 2. The Morgan fingerprint density at radius 2 is 2.33 bits per heavy atom. The largest absolute Gasteiger partial charge is 0.331 e. The van der Waals surface area contributed by atoms with E-state index in [0.29, 0.717) is 6.54 Å². The summed E-state index contributed by atoms with van der Waals surface area (Å²) in [6.07, 6.45) is 1.45. The highest BCUT2D eigenvalue weighted by Gasteiger charge is 2.35. The summed E-state index contributed by atoms with van der Waals surface area (Å²) < 4.78 is 0. The summed E-state index contributed by atoms with van der Waals surface area (Å²) >= 11 is 0. The first-order valence-corrected chi connectivity index (χ1v) is 3.81. The lowest BCUT2D eigenvalue weighted by atomic mass is 10.3. The molecule has 0 N–H and O–H groups in total. The van der Waals surface area contributed by atoms with Crippen LogP contribution in [0.3, 0.4) is 0 Å². The molecule has 0 aromatic carbocycles. The van der Waals surface area contributed by atoms with E-state index in [2.05, 4.69) is 6.58 Å². The molecule has 4 heteroatoms. The van der Waals surface area contributed by atoms with Gasteiger partial charge < -0.3 is 0 Å². The van der Waals surface area contributed by atoms with Gasteiger partial charge >= 0.3 is 6.03 Å². The van der Waals surface area contributed by atoms with Gasteiger partial charge in [0.2, 0.25) is 5.91 Å². The third-order valence-corrected chi connectivity index (χ3v) is 1.91. The fraction of sp³-hybridized carbons (Fsp3) is 0.500. The number of hydrogen-bond donors (Lipinski definition) is 0. The zero-order chi connectivity index (χ0) is 9.30. The van der Waals surface area contributed by atoms with E-state index in [1.54, 1.807) is 0 Å². The fourth-order valence-corrected chi connectivity index (χ4v) is 1.37. The van der Waals surface area contributed by atoms with Gasteiger partial charge in [-0.15, -0.1) is 0 Å². The maximum atomic E-state index is 11.3. The molecule has 1 aliphatic rings. The fourth-order valence-electron chi connectivity index (χ4n) is 1.37. The van der Waals surface area contributed by atoms with Gasteiger partial charge in [0.15, 0.2) is 0 Å². The molecule has 0 aliphatic carbocycles. The molecule has 1 aliphatic heterocycles. The molecule has 1 unspecified atom stereocenters. The molecular weight excluding hydrogens is 156 g/mol. The summed E-state index contributed by atoms with van der Waals surface area (Å²) in [6.45, 7) is 7.26. The van der Waals surface area contributed by atoms with Gasteiger partial charge in [-0.25, -0.2) is 4.79 Å². The Hall–Kier alpha value is -1.32. The smallest absolute Gasteiger partial charge is 0.299 e. The Morgan fingerprint density at radius 1 is 1.75 bits per heavy atom. The number of rotatable bonds is 1. The van der Waals surface area contributed by atoms with Gasteiger partial charge in [0.25, 0.3) is 0 Å². The van der Waals surface area contributed by atoms with Gasteiger partial charge in [0.1, 0.15) is 0 Å². The highest BCUT2D eigenvalue weighted by molar-refractivity contribution is 5.95. The molecule has 0 aromatic rings. The van der Waals surface area contributed by atoms with Crippen molar-refractivity contribution >= 4 is 11.9 Å². The van der Waals surface area contributed by atoms with Gasteiger partial charge in [0, 0.05) is 19.7 Å². The topological polar surface area (TPSA) is 40.6 Å². The number of amides is 3. The summed E-state index contributed by atoms with van der Waals surface area (Å²) in [5, 5.41) is 0. The molecule has 1 heterocycles. The Kier molecular flexibility index (Phi) is 2.17. The number of imide groups is 1. The molecule has 1 fully saturated rings. The molecule has 66 valence electrons. The highest BCUT2D eigenvalue weighted by Crippen LogP contribution is 2.15. The second-order valence-corrected chi connectivity index (χ2v) is 2.86. The number of nitrogens with zero attached hydrogens (tertiary/aromatic N) is 2. The maximum Gasteiger partial charge on any atom is 0.331 e. The molecule has 1 saturated heterocycles. The summed E-state index contributed by atoms with van der Waals surface area (Å²) in [7, 11) is 0. The molecule has 1 rings (SSSR count). The van der Waals surface area contributed by atoms with Crippen molar-refractivity contribution in [2.45, 2.75) is 19.9 Å². The van der Waals surface area contributed by atoms with E-state index in [1.165, 1.54) is 22.9 Å². The van der Waals surface area contributed by atoms with E-state index >= 15 is 0 Å². The molecule has 0 bridgehead atoms. The predicted molar refractivity (Wildman–Crippen MR) is 44.3 cm³/mol. The van der Waals surface area contributed by atoms with Crippen molar-refractivity contribution < 1.29 is 9.59 Å². The van der Waals surface area contributed by atoms with Crippen LogP contribution < -0.4 is 0 Å². The summed E-state index contributed by atoms with van der Waals surface area (Å²) in [5.74, 6) is -0.211. The van der Waals surface area contributed by atoms with Crippen LogP contribution in [0.15, 0.2) is 12.8 Å². The SMILES string of the molecule is C=CN1CC(C)N(C(C)=O)C1=O. The van der Waals surface area contributed by atoms with Crippen molar-refractivity contribution in [3.05, 3.63) is 12.8 Å². The predicted octanol–water partition coefficient (Wildman–Crippen LogP) is 0.802. The molecule has 12 heavy (non-hydrogen) atoms. The van der Waals surface area contributed by atoms with Gasteiger partial charge in [-0.05, 0) is 6.92 Å². The van der Waals surface area contributed by atoms with E-state index in [1.807, 2.05) is 6.92 Å². The Morgan fingerprint density at radius 3 is 2.58 bits per heavy atom. The first-order chi connectivity index (χ1) is 5.57. The monoisotopic (exact) mass is 168 g/mol. The third-order valence-electron chi connectivity index (χ3n) is 1.91. The van der Waals surface area contributed by atoms with Gasteiger partial charge in [-0.1, -0.05) is 6.58 Å². The van der Waals surface area contributed by atoms with Crippen LogP contribution >= 0.6 is 0 Å². The minimum atomic E-state index is -0.273. The van der Waals surface area contributed by atoms with Crippen molar-refractivity contribution in [3.63, 3.8) is 0 Å². The second-order valence-electron chi connectivity index (χ2n) is 2.86. The van der Waals surface area contributed by atoms with Gasteiger partial charge in [-0.3, -0.25) is 14.6 Å². The highest BCUT2D eigenvalue weighted by atomic mass is 16.2. The number of carbonyl (C=O) groups excluding carboxylic acids is 2. The minimum Gasteiger partial charge on any atom is -0.299 e. The normalized spacial score (nSPS) is 23.2. The first kappa shape index (κ1) is 8.77. The standard InChI is InChI=1S/C8H12N2O2/c1-4-9-5-6(2)10(7(3)11)8(9)12/h4,6H,1,5H2,2-3H3. The van der Waals surface area contributed by atoms with Crippen molar-refractivity contribution in [1.82, 2.24) is 9.80 Å². The van der Waals surface area contributed by atoms with Crippen LogP contribution in [-0.2, 0) is 4.79 Å². The van der Waals surface area contributed by atoms with Crippen molar-refractivity contribution in [2.75, 3.05) is 6.54 Å². The maximum absolute atomic E-state index is 11.3. The van der Waals surface area contributed by atoms with Crippen molar-refractivity contribution in [2.24, 2.45) is 0 Å². The summed E-state index contributed by atoms with van der Waals surface area (Å²) in [4.78, 5) is 25.0. The van der Waals surface area contributed by atoms with Gasteiger partial charge in [-0.2, -0.15) is 0 Å². The van der Waals surface area contributed by atoms with Crippen LogP contribution in [0, 0.1) is 0 Å². The zero-order valence-electron chi connectivity index (χ0n) is 7.28. The minimum absolute atomic E-state index is 0.0481. The van der Waals surface area contributed by atoms with Crippen LogP contribution in [-0.4, -0.2) is 34.3 Å². The number of urea groups is 1. The van der Waals surface area contributed by atoms with Crippen LogP contribution in [0.2, 0.25) is 0 Å². The molecule has 0 aromatic heterocycles. The van der Waals surface area contributed by atoms with Crippen LogP contribution in [0.5, 0.6) is 0 Å². The van der Waals surface area contributed by atoms with Crippen molar-refractivity contribution in [3.8, 4) is 0 Å². The summed E-state index contributed by atoms with van der Waals surface area (Å²) in [6, 6.07) is -0.321. The summed E-state index contributed by atoms with van der Waals surface area (Å²) in [5.41, 5.74) is 0. The Balaban J connectivity index is 2.84. The lowest BCUT2D eigenvalue weighted by Gasteiger charge is -2.14. The number of carbonyl (C=O) groups is 2. The first-order valence-electron chi connectivity index (χ1n) is 3.81. The van der Waals surface area contributed by atoms with Crippen molar-refractivity contribution in [1.29, 1.82) is 0 Å². The lowest BCUT2D eigenvalue weighted by molar-refractivity contribution is -0.126. The van der Waals surface area contributed by atoms with E-state index in [9.17, 15) is 9.59 Å². The molecule has 3 amide bonds.